The Morgan fingerprint density at radius 1 is 1.27 bits per heavy atom. The third-order valence-corrected chi connectivity index (χ3v) is 3.47. The molecule has 0 aromatic carbocycles. The van der Waals surface area contributed by atoms with Crippen molar-refractivity contribution in [1.82, 2.24) is 0 Å². The minimum absolute atomic E-state index is 0.132. The number of carbonyl (C=O) groups is 1. The summed E-state index contributed by atoms with van der Waals surface area (Å²) < 4.78 is 10.6. The van der Waals surface area contributed by atoms with Gasteiger partial charge in [0.2, 0.25) is 0 Å². The van der Waals surface area contributed by atoms with Gasteiger partial charge in [0.05, 0.1) is 6.61 Å². The molecule has 1 saturated heterocycles. The molecule has 0 aromatic rings. The molecule has 2 rings (SSSR count). The molecule has 2 fully saturated rings. The molecule has 1 saturated carbocycles. The second-order valence-electron chi connectivity index (χ2n) is 4.58. The van der Waals surface area contributed by atoms with E-state index in [1.165, 1.54) is 32.1 Å². The lowest BCUT2D eigenvalue weighted by Crippen LogP contribution is -2.23. The Labute approximate surface area is 91.1 Å². The summed E-state index contributed by atoms with van der Waals surface area (Å²) in [6, 6.07) is 0. The average Bonchev–Trinajstić information content (AvgIpc) is 2.88. The van der Waals surface area contributed by atoms with Crippen LogP contribution in [0.2, 0.25) is 0 Å². The number of epoxide rings is 1. The van der Waals surface area contributed by atoms with Gasteiger partial charge >= 0.3 is 5.97 Å². The van der Waals surface area contributed by atoms with Crippen LogP contribution in [-0.4, -0.2) is 24.3 Å². The van der Waals surface area contributed by atoms with Crippen LogP contribution in [-0.2, 0) is 14.3 Å². The third kappa shape index (κ3) is 2.33. The van der Waals surface area contributed by atoms with Crippen molar-refractivity contribution in [3.63, 3.8) is 0 Å². The van der Waals surface area contributed by atoms with Gasteiger partial charge in [-0.25, -0.2) is 4.79 Å². The van der Waals surface area contributed by atoms with Crippen LogP contribution >= 0.6 is 0 Å². The minimum Gasteiger partial charge on any atom is -0.464 e. The molecular formula is C12H20O3. The van der Waals surface area contributed by atoms with E-state index in [0.29, 0.717) is 6.61 Å². The topological polar surface area (TPSA) is 38.8 Å². The Morgan fingerprint density at radius 3 is 2.47 bits per heavy atom. The molecular weight excluding hydrogens is 192 g/mol. The molecule has 0 N–H and O–H groups in total. The van der Waals surface area contributed by atoms with E-state index in [2.05, 4.69) is 0 Å². The molecule has 1 spiro atoms. The predicted molar refractivity (Wildman–Crippen MR) is 56.6 cm³/mol. The van der Waals surface area contributed by atoms with E-state index in [4.69, 9.17) is 9.47 Å². The molecule has 0 amide bonds. The van der Waals surface area contributed by atoms with Crippen molar-refractivity contribution in [2.24, 2.45) is 0 Å². The quantitative estimate of drug-likeness (QED) is 0.521. The van der Waals surface area contributed by atoms with Crippen LogP contribution in [0.25, 0.3) is 0 Å². The summed E-state index contributed by atoms with van der Waals surface area (Å²) in [5, 5.41) is 0. The zero-order valence-corrected chi connectivity index (χ0v) is 9.46. The highest BCUT2D eigenvalue weighted by molar-refractivity contribution is 5.79. The van der Waals surface area contributed by atoms with Crippen LogP contribution in [0.5, 0.6) is 0 Å². The normalized spacial score (nSPS) is 29.3. The summed E-state index contributed by atoms with van der Waals surface area (Å²) in [6.07, 6.45) is 8.09. The number of rotatable bonds is 2. The smallest absolute Gasteiger partial charge is 0.338 e. The van der Waals surface area contributed by atoms with Crippen molar-refractivity contribution in [3.8, 4) is 0 Å². The molecule has 86 valence electrons. The SMILES string of the molecule is CCOC(=O)C1OC12CCCCCCC2. The fraction of sp³-hybridized carbons (Fsp3) is 0.917. The van der Waals surface area contributed by atoms with Crippen molar-refractivity contribution in [3.05, 3.63) is 0 Å². The number of hydrogen-bond donors (Lipinski definition) is 0. The maximum atomic E-state index is 11.5. The first kappa shape index (κ1) is 10.9. The minimum atomic E-state index is -0.254. The van der Waals surface area contributed by atoms with Crippen molar-refractivity contribution in [2.75, 3.05) is 6.61 Å². The van der Waals surface area contributed by atoms with E-state index in [-0.39, 0.29) is 17.7 Å². The van der Waals surface area contributed by atoms with E-state index in [1.807, 2.05) is 6.92 Å². The van der Waals surface area contributed by atoms with E-state index in [9.17, 15) is 4.79 Å². The Balaban J connectivity index is 1.88. The van der Waals surface area contributed by atoms with Crippen molar-refractivity contribution in [2.45, 2.75) is 63.6 Å². The molecule has 1 aliphatic carbocycles. The highest BCUT2D eigenvalue weighted by Crippen LogP contribution is 2.47. The first-order valence-corrected chi connectivity index (χ1v) is 6.13. The van der Waals surface area contributed by atoms with Gasteiger partial charge in [-0.15, -0.1) is 0 Å². The molecule has 1 unspecified atom stereocenters. The van der Waals surface area contributed by atoms with Crippen LogP contribution in [0.3, 0.4) is 0 Å². The van der Waals surface area contributed by atoms with Crippen molar-refractivity contribution >= 4 is 5.97 Å². The predicted octanol–water partition coefficient (Wildman–Crippen LogP) is 2.43. The van der Waals surface area contributed by atoms with Gasteiger partial charge < -0.3 is 9.47 Å². The van der Waals surface area contributed by atoms with Gasteiger partial charge in [-0.05, 0) is 19.8 Å². The number of carbonyl (C=O) groups excluding carboxylic acids is 1. The number of ether oxygens (including phenoxy) is 2. The zero-order chi connectivity index (χ0) is 10.7. The molecule has 0 radical (unpaired) electrons. The van der Waals surface area contributed by atoms with Crippen LogP contribution < -0.4 is 0 Å². The van der Waals surface area contributed by atoms with Gasteiger partial charge in [-0.2, -0.15) is 0 Å². The molecule has 3 heteroatoms. The summed E-state index contributed by atoms with van der Waals surface area (Å²) in [5.74, 6) is -0.155. The molecule has 1 atom stereocenters. The maximum absolute atomic E-state index is 11.5. The molecule has 1 aliphatic heterocycles. The number of hydrogen-bond acceptors (Lipinski definition) is 3. The fourth-order valence-corrected chi connectivity index (χ4v) is 2.57. The average molecular weight is 212 g/mol. The Kier molecular flexibility index (Phi) is 3.29. The lowest BCUT2D eigenvalue weighted by Gasteiger charge is -2.15. The van der Waals surface area contributed by atoms with E-state index >= 15 is 0 Å². The van der Waals surface area contributed by atoms with Gasteiger partial charge in [-0.1, -0.05) is 32.1 Å². The van der Waals surface area contributed by atoms with E-state index < -0.39 is 0 Å². The van der Waals surface area contributed by atoms with Gasteiger partial charge in [-0.3, -0.25) is 0 Å². The van der Waals surface area contributed by atoms with Crippen LogP contribution in [0, 0.1) is 0 Å². The summed E-state index contributed by atoms with van der Waals surface area (Å²) >= 11 is 0. The summed E-state index contributed by atoms with van der Waals surface area (Å²) in [6.45, 7) is 2.29. The van der Waals surface area contributed by atoms with E-state index in [0.717, 1.165) is 12.8 Å². The fourth-order valence-electron chi connectivity index (χ4n) is 2.57. The Hall–Kier alpha value is -0.570. The van der Waals surface area contributed by atoms with Gasteiger partial charge in [0.15, 0.2) is 6.10 Å². The molecule has 1 heterocycles. The summed E-state index contributed by atoms with van der Waals surface area (Å²) in [4.78, 5) is 11.5. The zero-order valence-electron chi connectivity index (χ0n) is 9.46. The molecule has 0 aromatic heterocycles. The third-order valence-electron chi connectivity index (χ3n) is 3.47. The monoisotopic (exact) mass is 212 g/mol. The van der Waals surface area contributed by atoms with Gasteiger partial charge in [0.25, 0.3) is 0 Å². The highest BCUT2D eigenvalue weighted by Gasteiger charge is 2.60. The Bertz CT molecular complexity index is 229. The molecule has 2 aliphatic rings. The standard InChI is InChI=1S/C12H20O3/c1-2-14-11(13)10-12(15-10)8-6-4-3-5-7-9-12/h10H,2-9H2,1H3. The summed E-state index contributed by atoms with van der Waals surface area (Å²) in [7, 11) is 0. The number of esters is 1. The maximum Gasteiger partial charge on any atom is 0.338 e. The second kappa shape index (κ2) is 4.52. The van der Waals surface area contributed by atoms with Crippen LogP contribution in [0.1, 0.15) is 51.9 Å². The molecule has 0 bridgehead atoms. The van der Waals surface area contributed by atoms with Gasteiger partial charge in [0, 0.05) is 0 Å². The highest BCUT2D eigenvalue weighted by atomic mass is 16.7. The lowest BCUT2D eigenvalue weighted by atomic mass is 9.88. The first-order valence-electron chi connectivity index (χ1n) is 6.13. The first-order chi connectivity index (χ1) is 7.28. The van der Waals surface area contributed by atoms with Crippen LogP contribution in [0.4, 0.5) is 0 Å². The Morgan fingerprint density at radius 2 is 1.87 bits per heavy atom. The van der Waals surface area contributed by atoms with Crippen LogP contribution in [0.15, 0.2) is 0 Å². The van der Waals surface area contributed by atoms with Crippen molar-refractivity contribution in [1.29, 1.82) is 0 Å². The largest absolute Gasteiger partial charge is 0.464 e. The molecule has 3 nitrogen and oxygen atoms in total. The van der Waals surface area contributed by atoms with E-state index in [1.54, 1.807) is 0 Å². The molecule has 15 heavy (non-hydrogen) atoms. The van der Waals surface area contributed by atoms with Gasteiger partial charge in [0.1, 0.15) is 5.60 Å². The lowest BCUT2D eigenvalue weighted by molar-refractivity contribution is -0.144. The van der Waals surface area contributed by atoms with Crippen molar-refractivity contribution < 1.29 is 14.3 Å². The summed E-state index contributed by atoms with van der Waals surface area (Å²) in [5.41, 5.74) is -0.132. The second-order valence-corrected chi connectivity index (χ2v) is 4.58.